The maximum Gasteiger partial charge on any atom is 0.307 e. The molecule has 0 fully saturated rings. The van der Waals surface area contributed by atoms with Gasteiger partial charge in [0.1, 0.15) is 0 Å². The maximum atomic E-state index is 11.0. The number of carbonyl (C=O) groups is 2. The molecule has 5 heteroatoms. The van der Waals surface area contributed by atoms with E-state index in [4.69, 9.17) is 9.94 Å². The minimum absolute atomic E-state index is 0.0670. The molecule has 1 amide bonds. The lowest BCUT2D eigenvalue weighted by molar-refractivity contribution is -0.212. The lowest BCUT2D eigenvalue weighted by Crippen LogP contribution is -2.35. The van der Waals surface area contributed by atoms with E-state index in [9.17, 15) is 9.59 Å². The SMILES string of the molecule is CC(C)(C)ON(C=O)CC1=C(CC(=O)O)CCCC1. The number of carbonyl (C=O) groups excluding carboxylic acids is 1. The Morgan fingerprint density at radius 2 is 1.89 bits per heavy atom. The van der Waals surface area contributed by atoms with Gasteiger partial charge in [0.2, 0.25) is 6.41 Å². The zero-order chi connectivity index (χ0) is 14.5. The van der Waals surface area contributed by atoms with Crippen LogP contribution >= 0.6 is 0 Å². The average molecular weight is 269 g/mol. The minimum Gasteiger partial charge on any atom is -0.481 e. The van der Waals surface area contributed by atoms with Crippen molar-refractivity contribution >= 4 is 12.4 Å². The lowest BCUT2D eigenvalue weighted by Gasteiger charge is -2.29. The van der Waals surface area contributed by atoms with Crippen LogP contribution < -0.4 is 0 Å². The molecular formula is C14H23NO4. The molecule has 0 atom stereocenters. The Labute approximate surface area is 114 Å². The van der Waals surface area contributed by atoms with Gasteiger partial charge in [-0.15, -0.1) is 0 Å². The summed E-state index contributed by atoms with van der Waals surface area (Å²) in [6, 6.07) is 0. The smallest absolute Gasteiger partial charge is 0.307 e. The molecule has 0 spiro atoms. The van der Waals surface area contributed by atoms with Crippen LogP contribution in [0, 0.1) is 0 Å². The van der Waals surface area contributed by atoms with Gasteiger partial charge in [-0.05, 0) is 52.0 Å². The second kappa shape index (κ2) is 6.70. The van der Waals surface area contributed by atoms with E-state index in [1.807, 2.05) is 20.8 Å². The highest BCUT2D eigenvalue weighted by atomic mass is 16.7. The highest BCUT2D eigenvalue weighted by molar-refractivity contribution is 5.70. The van der Waals surface area contributed by atoms with Crippen molar-refractivity contribution < 1.29 is 19.5 Å². The second-order valence-corrected chi connectivity index (χ2v) is 5.87. The van der Waals surface area contributed by atoms with Crippen molar-refractivity contribution in [3.63, 3.8) is 0 Å². The summed E-state index contributed by atoms with van der Waals surface area (Å²) >= 11 is 0. The molecule has 1 aliphatic rings. The van der Waals surface area contributed by atoms with Gasteiger partial charge in [-0.3, -0.25) is 14.4 Å². The molecule has 0 aromatic heterocycles. The monoisotopic (exact) mass is 269 g/mol. The molecule has 0 saturated carbocycles. The largest absolute Gasteiger partial charge is 0.481 e. The van der Waals surface area contributed by atoms with E-state index in [2.05, 4.69) is 0 Å². The number of carboxylic acid groups (broad SMARTS) is 1. The van der Waals surface area contributed by atoms with Gasteiger partial charge in [0.05, 0.1) is 18.6 Å². The summed E-state index contributed by atoms with van der Waals surface area (Å²) in [6.07, 6.45) is 4.45. The summed E-state index contributed by atoms with van der Waals surface area (Å²) in [6.45, 7) is 5.98. The maximum absolute atomic E-state index is 11.0. The molecule has 0 bridgehead atoms. The number of carboxylic acids is 1. The van der Waals surface area contributed by atoms with Crippen LogP contribution in [0.4, 0.5) is 0 Å². The third kappa shape index (κ3) is 5.87. The number of hydrogen-bond acceptors (Lipinski definition) is 3. The van der Waals surface area contributed by atoms with E-state index in [1.54, 1.807) is 0 Å². The molecule has 1 N–H and O–H groups in total. The van der Waals surface area contributed by atoms with Gasteiger partial charge in [-0.1, -0.05) is 5.57 Å². The first-order valence-electron chi connectivity index (χ1n) is 6.64. The third-order valence-corrected chi connectivity index (χ3v) is 2.93. The van der Waals surface area contributed by atoms with Crippen molar-refractivity contribution in [2.24, 2.45) is 0 Å². The van der Waals surface area contributed by atoms with Gasteiger partial charge in [-0.2, -0.15) is 0 Å². The van der Waals surface area contributed by atoms with Gasteiger partial charge in [0, 0.05) is 0 Å². The average Bonchev–Trinajstić information content (AvgIpc) is 2.28. The normalized spacial score (nSPS) is 16.4. The van der Waals surface area contributed by atoms with Crippen molar-refractivity contribution in [2.45, 2.75) is 58.5 Å². The van der Waals surface area contributed by atoms with E-state index in [1.165, 1.54) is 5.06 Å². The Kier molecular flexibility index (Phi) is 5.54. The Hall–Kier alpha value is -1.36. The molecule has 108 valence electrons. The molecule has 0 saturated heterocycles. The molecule has 0 radical (unpaired) electrons. The number of nitrogens with zero attached hydrogens (tertiary/aromatic N) is 1. The van der Waals surface area contributed by atoms with Crippen molar-refractivity contribution in [2.75, 3.05) is 6.54 Å². The zero-order valence-corrected chi connectivity index (χ0v) is 11.9. The van der Waals surface area contributed by atoms with Gasteiger partial charge in [-0.25, -0.2) is 5.06 Å². The quantitative estimate of drug-likeness (QED) is 0.457. The predicted octanol–water partition coefficient (Wildman–Crippen LogP) is 2.52. The van der Waals surface area contributed by atoms with Crippen LogP contribution in [0.25, 0.3) is 0 Å². The molecule has 0 aromatic carbocycles. The Balaban J connectivity index is 2.76. The van der Waals surface area contributed by atoms with E-state index in [-0.39, 0.29) is 6.42 Å². The van der Waals surface area contributed by atoms with Gasteiger partial charge in [0.15, 0.2) is 0 Å². The molecule has 19 heavy (non-hydrogen) atoms. The molecule has 1 rings (SSSR count). The molecule has 0 heterocycles. The fourth-order valence-electron chi connectivity index (χ4n) is 2.25. The first-order valence-corrected chi connectivity index (χ1v) is 6.64. The fraction of sp³-hybridized carbons (Fsp3) is 0.714. The van der Waals surface area contributed by atoms with Crippen molar-refractivity contribution in [1.82, 2.24) is 5.06 Å². The number of hydroxylamine groups is 2. The van der Waals surface area contributed by atoms with Crippen LogP contribution in [0.2, 0.25) is 0 Å². The van der Waals surface area contributed by atoms with E-state index >= 15 is 0 Å². The standard InChI is InChI=1S/C14H23NO4/c1-14(2,3)19-15(10-16)9-12-7-5-4-6-11(12)8-13(17)18/h10H,4-9H2,1-3H3,(H,17,18). The Morgan fingerprint density at radius 3 is 2.37 bits per heavy atom. The summed E-state index contributed by atoms with van der Waals surface area (Å²) in [7, 11) is 0. The number of rotatable bonds is 6. The van der Waals surface area contributed by atoms with Gasteiger partial charge < -0.3 is 5.11 Å². The highest BCUT2D eigenvalue weighted by Gasteiger charge is 2.21. The molecule has 5 nitrogen and oxygen atoms in total. The third-order valence-electron chi connectivity index (χ3n) is 2.93. The van der Waals surface area contributed by atoms with E-state index in [0.717, 1.165) is 36.8 Å². The van der Waals surface area contributed by atoms with Crippen LogP contribution in [0.15, 0.2) is 11.1 Å². The van der Waals surface area contributed by atoms with Gasteiger partial charge >= 0.3 is 5.97 Å². The first kappa shape index (κ1) is 15.7. The van der Waals surface area contributed by atoms with Crippen LogP contribution in [0.1, 0.15) is 52.9 Å². The minimum atomic E-state index is -0.816. The van der Waals surface area contributed by atoms with Crippen molar-refractivity contribution in [3.05, 3.63) is 11.1 Å². The highest BCUT2D eigenvalue weighted by Crippen LogP contribution is 2.28. The van der Waals surface area contributed by atoms with Crippen molar-refractivity contribution in [1.29, 1.82) is 0 Å². The van der Waals surface area contributed by atoms with Crippen LogP contribution in [-0.2, 0) is 14.4 Å². The van der Waals surface area contributed by atoms with Crippen molar-refractivity contribution in [3.8, 4) is 0 Å². The summed E-state index contributed by atoms with van der Waals surface area (Å²) < 4.78 is 0. The van der Waals surface area contributed by atoms with E-state index < -0.39 is 11.6 Å². The molecule has 0 aromatic rings. The zero-order valence-electron chi connectivity index (χ0n) is 11.9. The van der Waals surface area contributed by atoms with Gasteiger partial charge in [0.25, 0.3) is 0 Å². The fourth-order valence-corrected chi connectivity index (χ4v) is 2.25. The summed E-state index contributed by atoms with van der Waals surface area (Å²) in [5, 5.41) is 10.2. The van der Waals surface area contributed by atoms with Crippen LogP contribution in [0.3, 0.4) is 0 Å². The molecule has 0 unspecified atom stereocenters. The predicted molar refractivity (Wildman–Crippen MR) is 71.4 cm³/mol. The summed E-state index contributed by atoms with van der Waals surface area (Å²) in [4.78, 5) is 27.4. The van der Waals surface area contributed by atoms with Crippen LogP contribution in [0.5, 0.6) is 0 Å². The number of hydrogen-bond donors (Lipinski definition) is 1. The molecule has 1 aliphatic carbocycles. The lowest BCUT2D eigenvalue weighted by atomic mass is 9.90. The second-order valence-electron chi connectivity index (χ2n) is 5.87. The summed E-state index contributed by atoms with van der Waals surface area (Å²) in [5.41, 5.74) is 1.54. The summed E-state index contributed by atoms with van der Waals surface area (Å²) in [5.74, 6) is -0.816. The number of amides is 1. The van der Waals surface area contributed by atoms with Crippen LogP contribution in [-0.4, -0.2) is 34.7 Å². The molecule has 0 aliphatic heterocycles. The first-order chi connectivity index (χ1) is 8.81. The Bertz CT molecular complexity index is 368. The van der Waals surface area contributed by atoms with E-state index in [0.29, 0.717) is 13.0 Å². The topological polar surface area (TPSA) is 66.8 Å². The molecular weight excluding hydrogens is 246 g/mol. The Morgan fingerprint density at radius 1 is 1.32 bits per heavy atom. The number of aliphatic carboxylic acids is 1.